The number of rotatable bonds is 4. The Balaban J connectivity index is 2.17. The SMILES string of the molecule is N[C@@](Cc1ccccc1)(c1cc(F)cc(C(F)(F)F)c1)c1ncccn1. The summed E-state index contributed by atoms with van der Waals surface area (Å²) in [5.41, 5.74) is 4.59. The van der Waals surface area contributed by atoms with E-state index in [1.54, 1.807) is 30.3 Å². The van der Waals surface area contributed by atoms with Gasteiger partial charge in [-0.1, -0.05) is 30.3 Å². The lowest BCUT2D eigenvalue weighted by Gasteiger charge is -2.29. The van der Waals surface area contributed by atoms with Crippen LogP contribution in [0.1, 0.15) is 22.5 Å². The molecular formula is C19H15F4N3. The maximum absolute atomic E-state index is 13.9. The molecule has 0 saturated carbocycles. The Morgan fingerprint density at radius 2 is 1.46 bits per heavy atom. The van der Waals surface area contributed by atoms with E-state index >= 15 is 0 Å². The molecular weight excluding hydrogens is 346 g/mol. The van der Waals surface area contributed by atoms with Gasteiger partial charge in [0.25, 0.3) is 0 Å². The van der Waals surface area contributed by atoms with Crippen LogP contribution in [0.5, 0.6) is 0 Å². The van der Waals surface area contributed by atoms with E-state index < -0.39 is 23.1 Å². The Bertz CT molecular complexity index is 882. The molecule has 1 heterocycles. The second-order valence-electron chi connectivity index (χ2n) is 5.93. The largest absolute Gasteiger partial charge is 0.416 e. The first-order valence-corrected chi connectivity index (χ1v) is 7.77. The molecule has 0 saturated heterocycles. The average molecular weight is 361 g/mol. The lowest BCUT2D eigenvalue weighted by Crippen LogP contribution is -2.42. The number of hydrogen-bond acceptors (Lipinski definition) is 3. The van der Waals surface area contributed by atoms with Crippen molar-refractivity contribution in [3.63, 3.8) is 0 Å². The van der Waals surface area contributed by atoms with E-state index in [4.69, 9.17) is 5.73 Å². The van der Waals surface area contributed by atoms with Crippen LogP contribution in [0.4, 0.5) is 17.6 Å². The number of benzene rings is 2. The van der Waals surface area contributed by atoms with E-state index in [9.17, 15) is 17.6 Å². The summed E-state index contributed by atoms with van der Waals surface area (Å²) in [6.45, 7) is 0. The van der Waals surface area contributed by atoms with Gasteiger partial charge in [-0.15, -0.1) is 0 Å². The smallest absolute Gasteiger partial charge is 0.315 e. The second kappa shape index (κ2) is 6.84. The maximum atomic E-state index is 13.9. The molecule has 0 aliphatic carbocycles. The van der Waals surface area contributed by atoms with Crippen molar-refractivity contribution in [2.75, 3.05) is 0 Å². The third kappa shape index (κ3) is 3.72. The molecule has 3 aromatic rings. The molecule has 0 aliphatic heterocycles. The van der Waals surface area contributed by atoms with Crippen LogP contribution >= 0.6 is 0 Å². The number of nitrogens with zero attached hydrogens (tertiary/aromatic N) is 2. The predicted molar refractivity (Wildman–Crippen MR) is 88.5 cm³/mol. The summed E-state index contributed by atoms with van der Waals surface area (Å²) in [6, 6.07) is 12.8. The molecule has 26 heavy (non-hydrogen) atoms. The summed E-state index contributed by atoms with van der Waals surface area (Å²) in [5, 5.41) is 0. The zero-order valence-corrected chi connectivity index (χ0v) is 13.5. The highest BCUT2D eigenvalue weighted by atomic mass is 19.4. The fourth-order valence-electron chi connectivity index (χ4n) is 2.77. The molecule has 134 valence electrons. The van der Waals surface area contributed by atoms with Crippen LogP contribution in [0.25, 0.3) is 0 Å². The first-order chi connectivity index (χ1) is 12.3. The van der Waals surface area contributed by atoms with Crippen LogP contribution < -0.4 is 5.73 Å². The summed E-state index contributed by atoms with van der Waals surface area (Å²) in [7, 11) is 0. The van der Waals surface area contributed by atoms with Crippen molar-refractivity contribution in [2.45, 2.75) is 18.1 Å². The van der Waals surface area contributed by atoms with E-state index in [1.165, 1.54) is 12.4 Å². The summed E-state index contributed by atoms with van der Waals surface area (Å²) in [4.78, 5) is 8.21. The zero-order chi connectivity index (χ0) is 18.8. The van der Waals surface area contributed by atoms with Gasteiger partial charge in [-0.3, -0.25) is 0 Å². The van der Waals surface area contributed by atoms with Gasteiger partial charge in [-0.2, -0.15) is 13.2 Å². The van der Waals surface area contributed by atoms with E-state index in [0.717, 1.165) is 17.7 Å². The van der Waals surface area contributed by atoms with Crippen molar-refractivity contribution in [2.24, 2.45) is 5.73 Å². The lowest BCUT2D eigenvalue weighted by molar-refractivity contribution is -0.137. The standard InChI is InChI=1S/C19H15F4N3/c20-16-10-14(9-15(11-16)19(21,22)23)18(24,17-25-7-4-8-26-17)12-13-5-2-1-3-6-13/h1-11H,12,24H2/t18-/m0/s1. The van der Waals surface area contributed by atoms with Crippen molar-refractivity contribution in [1.82, 2.24) is 9.97 Å². The zero-order valence-electron chi connectivity index (χ0n) is 13.5. The fraction of sp³-hybridized carbons (Fsp3) is 0.158. The topological polar surface area (TPSA) is 51.8 Å². The molecule has 0 bridgehead atoms. The highest BCUT2D eigenvalue weighted by Crippen LogP contribution is 2.35. The van der Waals surface area contributed by atoms with E-state index in [2.05, 4.69) is 9.97 Å². The summed E-state index contributed by atoms with van der Waals surface area (Å²) < 4.78 is 53.3. The Hall–Kier alpha value is -2.80. The van der Waals surface area contributed by atoms with Gasteiger partial charge in [0.15, 0.2) is 5.82 Å². The Labute approximate surface area is 147 Å². The van der Waals surface area contributed by atoms with Crippen LogP contribution in [0.3, 0.4) is 0 Å². The van der Waals surface area contributed by atoms with E-state index in [-0.39, 0.29) is 17.8 Å². The molecule has 0 fully saturated rings. The van der Waals surface area contributed by atoms with E-state index in [0.29, 0.717) is 6.07 Å². The quantitative estimate of drug-likeness (QED) is 0.713. The molecule has 0 unspecified atom stereocenters. The van der Waals surface area contributed by atoms with E-state index in [1.807, 2.05) is 6.07 Å². The van der Waals surface area contributed by atoms with Gasteiger partial charge in [-0.05, 0) is 35.4 Å². The molecule has 2 N–H and O–H groups in total. The molecule has 0 amide bonds. The van der Waals surface area contributed by atoms with Crippen molar-refractivity contribution in [3.05, 3.63) is 95.3 Å². The predicted octanol–water partition coefficient (Wildman–Crippen LogP) is 4.08. The third-order valence-electron chi connectivity index (χ3n) is 4.03. The molecule has 3 nitrogen and oxygen atoms in total. The first-order valence-electron chi connectivity index (χ1n) is 7.77. The van der Waals surface area contributed by atoms with Crippen LogP contribution in [-0.4, -0.2) is 9.97 Å². The maximum Gasteiger partial charge on any atom is 0.416 e. The minimum absolute atomic E-state index is 0.0418. The number of alkyl halides is 3. The van der Waals surface area contributed by atoms with Crippen molar-refractivity contribution >= 4 is 0 Å². The van der Waals surface area contributed by atoms with Crippen LogP contribution in [-0.2, 0) is 18.1 Å². The summed E-state index contributed by atoms with van der Waals surface area (Å²) in [5.74, 6) is -0.906. The minimum Gasteiger partial charge on any atom is -0.315 e. The minimum atomic E-state index is -4.69. The van der Waals surface area contributed by atoms with Crippen molar-refractivity contribution < 1.29 is 17.6 Å². The number of hydrogen-bond donors (Lipinski definition) is 1. The van der Waals surface area contributed by atoms with Crippen LogP contribution in [0, 0.1) is 5.82 Å². The summed E-state index contributed by atoms with van der Waals surface area (Å²) in [6.07, 6.45) is -1.70. The van der Waals surface area contributed by atoms with Crippen molar-refractivity contribution in [3.8, 4) is 0 Å². The fourth-order valence-corrected chi connectivity index (χ4v) is 2.77. The Morgan fingerprint density at radius 3 is 2.08 bits per heavy atom. The molecule has 1 aromatic heterocycles. The van der Waals surface area contributed by atoms with Crippen molar-refractivity contribution in [1.29, 1.82) is 0 Å². The highest BCUT2D eigenvalue weighted by molar-refractivity contribution is 5.38. The van der Waals surface area contributed by atoms with Gasteiger partial charge in [0.1, 0.15) is 11.4 Å². The summed E-state index contributed by atoms with van der Waals surface area (Å²) >= 11 is 0. The normalized spacial score (nSPS) is 14.0. The number of nitrogens with two attached hydrogens (primary N) is 1. The molecule has 7 heteroatoms. The Kier molecular flexibility index (Phi) is 4.73. The molecule has 2 aromatic carbocycles. The van der Waals surface area contributed by atoms with Gasteiger partial charge in [0.2, 0.25) is 0 Å². The molecule has 0 spiro atoms. The monoisotopic (exact) mass is 361 g/mol. The van der Waals surface area contributed by atoms with Gasteiger partial charge in [0, 0.05) is 18.8 Å². The molecule has 1 atom stereocenters. The molecule has 0 radical (unpaired) electrons. The van der Waals surface area contributed by atoms with Gasteiger partial charge >= 0.3 is 6.18 Å². The highest BCUT2D eigenvalue weighted by Gasteiger charge is 2.37. The molecule has 3 rings (SSSR count). The lowest BCUT2D eigenvalue weighted by atomic mass is 9.83. The van der Waals surface area contributed by atoms with Crippen LogP contribution in [0.15, 0.2) is 67.0 Å². The van der Waals surface area contributed by atoms with Gasteiger partial charge in [0.05, 0.1) is 5.56 Å². The van der Waals surface area contributed by atoms with Gasteiger partial charge < -0.3 is 5.73 Å². The number of aromatic nitrogens is 2. The Morgan fingerprint density at radius 1 is 0.846 bits per heavy atom. The molecule has 0 aliphatic rings. The third-order valence-corrected chi connectivity index (χ3v) is 4.03. The van der Waals surface area contributed by atoms with Gasteiger partial charge in [-0.25, -0.2) is 14.4 Å². The first kappa shape index (κ1) is 18.0. The second-order valence-corrected chi connectivity index (χ2v) is 5.93. The average Bonchev–Trinajstić information content (AvgIpc) is 2.62. The number of halogens is 4. The van der Waals surface area contributed by atoms with Crippen LogP contribution in [0.2, 0.25) is 0 Å².